The summed E-state index contributed by atoms with van der Waals surface area (Å²) < 4.78 is 5.57. The number of hydrogen-bond acceptors (Lipinski definition) is 6. The van der Waals surface area contributed by atoms with E-state index in [1.807, 2.05) is 17.0 Å². The van der Waals surface area contributed by atoms with Crippen LogP contribution in [0.2, 0.25) is 0 Å². The SMILES string of the molecule is N#Cc1c(N2CCN(C(=O)C(N)=O)CC2)nc(-c2ccco2)c2c1CCC2. The minimum Gasteiger partial charge on any atom is -0.463 e. The molecular formula is C19H19N5O3. The van der Waals surface area contributed by atoms with Crippen molar-refractivity contribution in [1.82, 2.24) is 9.88 Å². The van der Waals surface area contributed by atoms with Crippen LogP contribution in [0.3, 0.4) is 0 Å². The fourth-order valence-corrected chi connectivity index (χ4v) is 3.89. The van der Waals surface area contributed by atoms with E-state index in [9.17, 15) is 14.9 Å². The highest BCUT2D eigenvalue weighted by atomic mass is 16.3. The van der Waals surface area contributed by atoms with Crippen molar-refractivity contribution in [3.63, 3.8) is 0 Å². The zero-order valence-electron chi connectivity index (χ0n) is 14.8. The van der Waals surface area contributed by atoms with Gasteiger partial charge >= 0.3 is 11.8 Å². The molecule has 1 saturated heterocycles. The highest BCUT2D eigenvalue weighted by Gasteiger charge is 2.30. The third kappa shape index (κ3) is 2.91. The largest absolute Gasteiger partial charge is 0.463 e. The molecule has 4 rings (SSSR count). The van der Waals surface area contributed by atoms with Gasteiger partial charge in [-0.05, 0) is 42.5 Å². The van der Waals surface area contributed by atoms with E-state index < -0.39 is 11.8 Å². The van der Waals surface area contributed by atoms with Gasteiger partial charge in [0, 0.05) is 26.2 Å². The van der Waals surface area contributed by atoms with Crippen molar-refractivity contribution in [2.75, 3.05) is 31.1 Å². The topological polar surface area (TPSA) is 116 Å². The van der Waals surface area contributed by atoms with Gasteiger partial charge in [0.1, 0.15) is 17.6 Å². The van der Waals surface area contributed by atoms with E-state index in [4.69, 9.17) is 15.1 Å². The molecule has 27 heavy (non-hydrogen) atoms. The van der Waals surface area contributed by atoms with Crippen LogP contribution in [-0.2, 0) is 22.4 Å². The van der Waals surface area contributed by atoms with Gasteiger partial charge in [0.05, 0.1) is 11.8 Å². The average Bonchev–Trinajstić information content (AvgIpc) is 3.38. The number of carbonyl (C=O) groups is 2. The number of hydrogen-bond donors (Lipinski definition) is 1. The Morgan fingerprint density at radius 2 is 1.93 bits per heavy atom. The number of rotatable bonds is 2. The maximum Gasteiger partial charge on any atom is 0.311 e. The molecule has 0 radical (unpaired) electrons. The van der Waals surface area contributed by atoms with Gasteiger partial charge in [0.15, 0.2) is 5.76 Å². The van der Waals surface area contributed by atoms with E-state index in [1.165, 1.54) is 4.90 Å². The number of pyridine rings is 1. The van der Waals surface area contributed by atoms with Crippen LogP contribution in [0.5, 0.6) is 0 Å². The summed E-state index contributed by atoms with van der Waals surface area (Å²) in [6.07, 6.45) is 4.34. The van der Waals surface area contributed by atoms with Crippen molar-refractivity contribution in [3.8, 4) is 17.5 Å². The lowest BCUT2D eigenvalue weighted by Gasteiger charge is -2.35. The fourth-order valence-electron chi connectivity index (χ4n) is 3.89. The Bertz CT molecular complexity index is 937. The molecule has 0 bridgehead atoms. The molecule has 8 heteroatoms. The maximum atomic E-state index is 11.8. The van der Waals surface area contributed by atoms with Crippen LogP contribution in [0.25, 0.3) is 11.5 Å². The Balaban J connectivity index is 1.70. The third-order valence-electron chi connectivity index (χ3n) is 5.19. The fraction of sp³-hybridized carbons (Fsp3) is 0.368. The van der Waals surface area contributed by atoms with E-state index >= 15 is 0 Å². The smallest absolute Gasteiger partial charge is 0.311 e. The molecular weight excluding hydrogens is 346 g/mol. The van der Waals surface area contributed by atoms with Crippen LogP contribution in [0.1, 0.15) is 23.1 Å². The first-order valence-corrected chi connectivity index (χ1v) is 8.93. The van der Waals surface area contributed by atoms with Crippen LogP contribution < -0.4 is 10.6 Å². The lowest BCUT2D eigenvalue weighted by atomic mass is 10.0. The zero-order valence-corrected chi connectivity index (χ0v) is 14.8. The number of primary amides is 1. The Morgan fingerprint density at radius 3 is 2.56 bits per heavy atom. The number of nitriles is 1. The summed E-state index contributed by atoms with van der Waals surface area (Å²) in [5, 5.41) is 9.78. The van der Waals surface area contributed by atoms with Gasteiger partial charge in [-0.2, -0.15) is 5.26 Å². The van der Waals surface area contributed by atoms with Gasteiger partial charge in [-0.25, -0.2) is 4.98 Å². The average molecular weight is 365 g/mol. The molecule has 2 aromatic heterocycles. The molecule has 3 heterocycles. The van der Waals surface area contributed by atoms with Crippen LogP contribution in [0.15, 0.2) is 22.8 Å². The van der Waals surface area contributed by atoms with E-state index in [-0.39, 0.29) is 0 Å². The monoisotopic (exact) mass is 365 g/mol. The summed E-state index contributed by atoms with van der Waals surface area (Å²) in [7, 11) is 0. The van der Waals surface area contributed by atoms with Crippen molar-refractivity contribution in [1.29, 1.82) is 5.26 Å². The van der Waals surface area contributed by atoms with E-state index in [1.54, 1.807) is 6.26 Å². The molecule has 2 amide bonds. The summed E-state index contributed by atoms with van der Waals surface area (Å²) in [5.41, 5.74) is 8.61. The summed E-state index contributed by atoms with van der Waals surface area (Å²) in [6, 6.07) is 6.03. The van der Waals surface area contributed by atoms with Gasteiger partial charge in [0.2, 0.25) is 0 Å². The summed E-state index contributed by atoms with van der Waals surface area (Å²) >= 11 is 0. The lowest BCUT2D eigenvalue weighted by Crippen LogP contribution is -2.52. The number of furan rings is 1. The van der Waals surface area contributed by atoms with E-state index in [2.05, 4.69) is 6.07 Å². The molecule has 0 unspecified atom stereocenters. The maximum absolute atomic E-state index is 11.8. The minimum atomic E-state index is -0.947. The van der Waals surface area contributed by atoms with Gasteiger partial charge in [-0.1, -0.05) is 0 Å². The molecule has 1 aliphatic carbocycles. The number of piperazine rings is 1. The molecule has 1 aliphatic heterocycles. The number of fused-ring (bicyclic) bond motifs is 1. The van der Waals surface area contributed by atoms with Gasteiger partial charge < -0.3 is 20.0 Å². The van der Waals surface area contributed by atoms with Gasteiger partial charge in [0.25, 0.3) is 0 Å². The molecule has 8 nitrogen and oxygen atoms in total. The standard InChI is InChI=1S/C19H19N5O3/c20-11-14-12-3-1-4-13(12)16(15-5-2-10-27-15)22-18(14)23-6-8-24(9-7-23)19(26)17(21)25/h2,5,10H,1,3-4,6-9H2,(H2,21,25). The predicted molar refractivity (Wildman–Crippen MR) is 96.7 cm³/mol. The number of carbonyl (C=O) groups excluding carboxylic acids is 2. The van der Waals surface area contributed by atoms with Crippen molar-refractivity contribution >= 4 is 17.6 Å². The number of aromatic nitrogens is 1. The molecule has 0 aromatic carbocycles. The number of anilines is 1. The van der Waals surface area contributed by atoms with Crippen molar-refractivity contribution in [2.45, 2.75) is 19.3 Å². The molecule has 1 fully saturated rings. The first-order chi connectivity index (χ1) is 13.1. The second kappa shape index (κ2) is 6.76. The lowest BCUT2D eigenvalue weighted by molar-refractivity contribution is -0.144. The van der Waals surface area contributed by atoms with Gasteiger partial charge in [-0.3, -0.25) is 9.59 Å². The van der Waals surface area contributed by atoms with E-state index in [0.717, 1.165) is 36.1 Å². The molecule has 2 aromatic rings. The second-order valence-corrected chi connectivity index (χ2v) is 6.70. The quantitative estimate of drug-likeness (QED) is 0.788. The van der Waals surface area contributed by atoms with Crippen LogP contribution in [0.4, 0.5) is 5.82 Å². The number of amides is 2. The predicted octanol–water partition coefficient (Wildman–Crippen LogP) is 0.836. The first-order valence-electron chi connectivity index (χ1n) is 8.93. The Morgan fingerprint density at radius 1 is 1.19 bits per heavy atom. The molecule has 2 aliphatic rings. The Hall–Kier alpha value is -3.34. The molecule has 138 valence electrons. The van der Waals surface area contributed by atoms with E-state index in [0.29, 0.717) is 43.3 Å². The highest BCUT2D eigenvalue weighted by molar-refractivity contribution is 6.34. The van der Waals surface area contributed by atoms with Crippen LogP contribution in [0, 0.1) is 11.3 Å². The molecule has 0 atom stereocenters. The second-order valence-electron chi connectivity index (χ2n) is 6.70. The normalized spacial score (nSPS) is 16.1. The number of nitrogens with two attached hydrogens (primary N) is 1. The van der Waals surface area contributed by atoms with Crippen molar-refractivity contribution in [2.24, 2.45) is 5.73 Å². The third-order valence-corrected chi connectivity index (χ3v) is 5.19. The minimum absolute atomic E-state index is 0.363. The number of nitrogens with zero attached hydrogens (tertiary/aromatic N) is 4. The summed E-state index contributed by atoms with van der Waals surface area (Å²) in [5.74, 6) is -0.303. The van der Waals surface area contributed by atoms with Crippen LogP contribution in [-0.4, -0.2) is 47.9 Å². The molecule has 0 saturated carbocycles. The summed E-state index contributed by atoms with van der Waals surface area (Å²) in [6.45, 7) is 1.69. The van der Waals surface area contributed by atoms with Crippen molar-refractivity contribution in [3.05, 3.63) is 35.1 Å². The first kappa shape index (κ1) is 17.1. The van der Waals surface area contributed by atoms with Crippen LogP contribution >= 0.6 is 0 Å². The highest BCUT2D eigenvalue weighted by Crippen LogP contribution is 2.37. The summed E-state index contributed by atoms with van der Waals surface area (Å²) in [4.78, 5) is 31.1. The Kier molecular flexibility index (Phi) is 4.28. The molecule has 0 spiro atoms. The van der Waals surface area contributed by atoms with Gasteiger partial charge in [-0.15, -0.1) is 0 Å². The zero-order chi connectivity index (χ0) is 19.0. The Labute approximate surface area is 156 Å². The molecule has 2 N–H and O–H groups in total. The van der Waals surface area contributed by atoms with Crippen molar-refractivity contribution < 1.29 is 14.0 Å².